The molecule has 1 heteroatoms. The van der Waals surface area contributed by atoms with Crippen LogP contribution in [0.25, 0.3) is 0 Å². The number of hydrogen-bond donors (Lipinski definition) is 0. The first-order chi connectivity index (χ1) is 3.77. The molecule has 0 aromatic rings. The van der Waals surface area contributed by atoms with E-state index in [1.807, 2.05) is 19.1 Å². The Morgan fingerprint density at radius 1 is 1.75 bits per heavy atom. The van der Waals surface area contributed by atoms with Crippen molar-refractivity contribution >= 4 is 0 Å². The third-order valence-corrected chi connectivity index (χ3v) is 0.687. The highest BCUT2D eigenvalue weighted by atomic mass is 16.2. The smallest absolute Gasteiger partial charge is 0.0856 e. The zero-order valence-electron chi connectivity index (χ0n) is 5.18. The molecule has 0 spiro atoms. The molecule has 0 unspecified atom stereocenters. The lowest BCUT2D eigenvalue weighted by Crippen LogP contribution is -1.72. The van der Waals surface area contributed by atoms with E-state index in [2.05, 4.69) is 6.58 Å². The standard InChI is InChI=1S/C7H11O/c1-7(2)5-3-4-6-8/h3,5H,1,4,6H2,2H3. The minimum absolute atomic E-state index is 0.0240. The molecular weight excluding hydrogens is 100 g/mol. The van der Waals surface area contributed by atoms with E-state index in [4.69, 9.17) is 0 Å². The van der Waals surface area contributed by atoms with Crippen LogP contribution < -0.4 is 0 Å². The summed E-state index contributed by atoms with van der Waals surface area (Å²) in [5.41, 5.74) is 0.999. The lowest BCUT2D eigenvalue weighted by atomic mass is 10.3. The Morgan fingerprint density at radius 3 is 2.75 bits per heavy atom. The van der Waals surface area contributed by atoms with E-state index in [-0.39, 0.29) is 6.61 Å². The van der Waals surface area contributed by atoms with Crippen molar-refractivity contribution < 1.29 is 5.11 Å². The normalized spacial score (nSPS) is 10.2. The minimum atomic E-state index is -0.0240. The van der Waals surface area contributed by atoms with Crippen molar-refractivity contribution in [3.8, 4) is 0 Å². The Kier molecular flexibility index (Phi) is 4.27. The van der Waals surface area contributed by atoms with Crippen molar-refractivity contribution in [3.63, 3.8) is 0 Å². The van der Waals surface area contributed by atoms with Gasteiger partial charge in [-0.05, 0) is 13.3 Å². The average molecular weight is 111 g/mol. The highest BCUT2D eigenvalue weighted by Crippen LogP contribution is 1.89. The van der Waals surface area contributed by atoms with Gasteiger partial charge in [0.2, 0.25) is 0 Å². The number of allylic oxidation sites excluding steroid dienone is 2. The molecule has 0 bridgehead atoms. The van der Waals surface area contributed by atoms with Crippen LogP contribution in [0.5, 0.6) is 0 Å². The van der Waals surface area contributed by atoms with Gasteiger partial charge >= 0.3 is 0 Å². The van der Waals surface area contributed by atoms with Crippen LogP contribution >= 0.6 is 0 Å². The molecule has 0 saturated heterocycles. The minimum Gasteiger partial charge on any atom is -0.236 e. The second-order valence-electron chi connectivity index (χ2n) is 1.74. The predicted molar refractivity (Wildman–Crippen MR) is 34.1 cm³/mol. The zero-order valence-corrected chi connectivity index (χ0v) is 5.18. The van der Waals surface area contributed by atoms with Crippen LogP contribution in [0.15, 0.2) is 24.3 Å². The van der Waals surface area contributed by atoms with Crippen LogP contribution in [0.4, 0.5) is 0 Å². The number of rotatable bonds is 3. The van der Waals surface area contributed by atoms with E-state index < -0.39 is 0 Å². The Balaban J connectivity index is 3.20. The molecule has 0 aliphatic heterocycles. The fourth-order valence-electron chi connectivity index (χ4n) is 0.353. The summed E-state index contributed by atoms with van der Waals surface area (Å²) in [6, 6.07) is 0. The van der Waals surface area contributed by atoms with Crippen LogP contribution in [0.2, 0.25) is 0 Å². The monoisotopic (exact) mass is 111 g/mol. The molecule has 0 aliphatic rings. The summed E-state index contributed by atoms with van der Waals surface area (Å²) >= 11 is 0. The van der Waals surface area contributed by atoms with Gasteiger partial charge in [-0.1, -0.05) is 24.3 Å². The van der Waals surface area contributed by atoms with Crippen molar-refractivity contribution in [1.29, 1.82) is 0 Å². The van der Waals surface area contributed by atoms with Crippen molar-refractivity contribution in [1.82, 2.24) is 0 Å². The maximum atomic E-state index is 9.83. The first kappa shape index (κ1) is 7.44. The molecule has 0 saturated carbocycles. The maximum absolute atomic E-state index is 9.83. The fourth-order valence-corrected chi connectivity index (χ4v) is 0.353. The quantitative estimate of drug-likeness (QED) is 0.496. The maximum Gasteiger partial charge on any atom is 0.0856 e. The van der Waals surface area contributed by atoms with Gasteiger partial charge in [0, 0.05) is 0 Å². The van der Waals surface area contributed by atoms with E-state index in [0.29, 0.717) is 6.42 Å². The first-order valence-electron chi connectivity index (χ1n) is 2.67. The fraction of sp³-hybridized carbons (Fsp3) is 0.429. The van der Waals surface area contributed by atoms with Gasteiger partial charge in [0.25, 0.3) is 0 Å². The van der Waals surface area contributed by atoms with Crippen LogP contribution in [-0.2, 0) is 5.11 Å². The SMILES string of the molecule is C=C(C)C=CCC[O]. The second-order valence-corrected chi connectivity index (χ2v) is 1.74. The molecule has 0 N–H and O–H groups in total. The highest BCUT2D eigenvalue weighted by Gasteiger charge is 1.74. The molecular formula is C7H11O. The largest absolute Gasteiger partial charge is 0.236 e. The topological polar surface area (TPSA) is 19.9 Å². The predicted octanol–water partition coefficient (Wildman–Crippen LogP) is 1.94. The summed E-state index contributed by atoms with van der Waals surface area (Å²) in [6.45, 7) is 5.52. The molecule has 0 aliphatic carbocycles. The molecule has 0 heterocycles. The van der Waals surface area contributed by atoms with Gasteiger partial charge in [0.15, 0.2) is 0 Å². The van der Waals surface area contributed by atoms with Crippen molar-refractivity contribution in [2.45, 2.75) is 13.3 Å². The van der Waals surface area contributed by atoms with E-state index in [0.717, 1.165) is 5.57 Å². The molecule has 0 aromatic carbocycles. The summed E-state index contributed by atoms with van der Waals surface area (Å²) < 4.78 is 0. The molecule has 1 radical (unpaired) electrons. The summed E-state index contributed by atoms with van der Waals surface area (Å²) in [5.74, 6) is 0. The highest BCUT2D eigenvalue weighted by molar-refractivity contribution is 5.10. The zero-order chi connectivity index (χ0) is 6.41. The lowest BCUT2D eigenvalue weighted by Gasteiger charge is -1.82. The molecule has 1 nitrogen and oxygen atoms in total. The lowest BCUT2D eigenvalue weighted by molar-refractivity contribution is 0.199. The Bertz CT molecular complexity index is 92.6. The molecule has 0 fully saturated rings. The van der Waals surface area contributed by atoms with E-state index in [1.165, 1.54) is 0 Å². The Morgan fingerprint density at radius 2 is 2.38 bits per heavy atom. The van der Waals surface area contributed by atoms with Crippen molar-refractivity contribution in [3.05, 3.63) is 24.3 Å². The van der Waals surface area contributed by atoms with Gasteiger partial charge in [-0.3, -0.25) is 0 Å². The van der Waals surface area contributed by atoms with Crippen LogP contribution in [0, 0.1) is 0 Å². The Hall–Kier alpha value is -0.560. The third-order valence-electron chi connectivity index (χ3n) is 0.687. The van der Waals surface area contributed by atoms with Gasteiger partial charge < -0.3 is 0 Å². The molecule has 0 amide bonds. The second kappa shape index (κ2) is 4.60. The summed E-state index contributed by atoms with van der Waals surface area (Å²) in [7, 11) is 0. The summed E-state index contributed by atoms with van der Waals surface area (Å²) in [4.78, 5) is 0. The Labute approximate surface area is 50.3 Å². The number of hydrogen-bond acceptors (Lipinski definition) is 0. The third kappa shape index (κ3) is 5.44. The van der Waals surface area contributed by atoms with Crippen molar-refractivity contribution in [2.75, 3.05) is 6.61 Å². The summed E-state index contributed by atoms with van der Waals surface area (Å²) in [6.07, 6.45) is 4.32. The molecule has 8 heavy (non-hydrogen) atoms. The van der Waals surface area contributed by atoms with Gasteiger partial charge in [0.05, 0.1) is 6.61 Å². The van der Waals surface area contributed by atoms with E-state index in [9.17, 15) is 5.11 Å². The van der Waals surface area contributed by atoms with Gasteiger partial charge in [-0.2, -0.15) is 0 Å². The van der Waals surface area contributed by atoms with Gasteiger partial charge in [0.1, 0.15) is 0 Å². The van der Waals surface area contributed by atoms with Crippen LogP contribution in [0.3, 0.4) is 0 Å². The van der Waals surface area contributed by atoms with E-state index in [1.54, 1.807) is 0 Å². The van der Waals surface area contributed by atoms with Crippen LogP contribution in [-0.4, -0.2) is 6.61 Å². The average Bonchev–Trinajstić information content (AvgIpc) is 1.66. The van der Waals surface area contributed by atoms with E-state index >= 15 is 0 Å². The molecule has 45 valence electrons. The van der Waals surface area contributed by atoms with Gasteiger partial charge in [-0.15, -0.1) is 0 Å². The molecule has 0 atom stereocenters. The van der Waals surface area contributed by atoms with Crippen LogP contribution in [0.1, 0.15) is 13.3 Å². The first-order valence-corrected chi connectivity index (χ1v) is 2.67. The van der Waals surface area contributed by atoms with Gasteiger partial charge in [-0.25, -0.2) is 5.11 Å². The molecule has 0 rings (SSSR count). The van der Waals surface area contributed by atoms with Crippen molar-refractivity contribution in [2.24, 2.45) is 0 Å². The summed E-state index contributed by atoms with van der Waals surface area (Å²) in [5, 5.41) is 9.83. The molecule has 0 aromatic heterocycles.